The van der Waals surface area contributed by atoms with E-state index in [1.807, 2.05) is 6.92 Å². The van der Waals surface area contributed by atoms with Crippen LogP contribution in [0.2, 0.25) is 0 Å². The molecule has 0 fully saturated rings. The van der Waals surface area contributed by atoms with Gasteiger partial charge in [-0.3, -0.25) is 10.1 Å². The van der Waals surface area contributed by atoms with E-state index in [1.165, 1.54) is 36.4 Å². The molecule has 0 spiro atoms. The van der Waals surface area contributed by atoms with E-state index in [9.17, 15) is 21.6 Å². The van der Waals surface area contributed by atoms with E-state index in [0.717, 1.165) is 30.4 Å². The summed E-state index contributed by atoms with van der Waals surface area (Å²) in [6.07, 6.45) is 2.70. The molecule has 0 saturated carbocycles. The normalized spacial score (nSPS) is 12.2. The van der Waals surface area contributed by atoms with Crippen LogP contribution in [0.1, 0.15) is 30.1 Å². The number of carbonyl (C=O) groups excluding carboxylic acids is 1. The van der Waals surface area contributed by atoms with Crippen LogP contribution >= 0.6 is 11.3 Å². The summed E-state index contributed by atoms with van der Waals surface area (Å²) < 4.78 is 51.3. The third kappa shape index (κ3) is 5.22. The molecule has 3 rings (SSSR count). The fourth-order valence-corrected chi connectivity index (χ4v) is 5.37. The summed E-state index contributed by atoms with van der Waals surface area (Å²) in [5.74, 6) is -0.511. The largest absolute Gasteiger partial charge is 0.298 e. The topological polar surface area (TPSA) is 122 Å². The van der Waals surface area contributed by atoms with Crippen molar-refractivity contribution in [1.82, 2.24) is 9.71 Å². The van der Waals surface area contributed by atoms with E-state index in [-0.39, 0.29) is 20.5 Å². The van der Waals surface area contributed by atoms with Crippen LogP contribution in [0.15, 0.2) is 52.3 Å². The molecule has 0 aliphatic heterocycles. The minimum atomic E-state index is -3.70. The Morgan fingerprint density at radius 3 is 2.53 bits per heavy atom. The molecule has 1 amide bonds. The lowest BCUT2D eigenvalue weighted by molar-refractivity contribution is 0.102. The van der Waals surface area contributed by atoms with Crippen molar-refractivity contribution in [3.63, 3.8) is 0 Å². The lowest BCUT2D eigenvalue weighted by atomic mass is 10.2. The van der Waals surface area contributed by atoms with Gasteiger partial charge in [0.1, 0.15) is 0 Å². The Kier molecular flexibility index (Phi) is 6.56. The molecule has 1 aromatic heterocycles. The van der Waals surface area contributed by atoms with Gasteiger partial charge in [0, 0.05) is 18.4 Å². The van der Waals surface area contributed by atoms with Gasteiger partial charge in [-0.15, -0.1) is 0 Å². The molecular weight excluding hydrogens is 446 g/mol. The highest BCUT2D eigenvalue weighted by Crippen LogP contribution is 2.28. The van der Waals surface area contributed by atoms with Crippen molar-refractivity contribution < 1.29 is 21.6 Å². The zero-order chi connectivity index (χ0) is 21.9. The van der Waals surface area contributed by atoms with Gasteiger partial charge in [-0.1, -0.05) is 30.7 Å². The molecule has 1 heterocycles. The second-order valence-electron chi connectivity index (χ2n) is 6.65. The number of fused-ring (bicyclic) bond motifs is 1. The number of rotatable bonds is 8. The number of hydrogen-bond donors (Lipinski definition) is 2. The Hall–Kier alpha value is -2.34. The molecule has 0 aliphatic rings. The summed E-state index contributed by atoms with van der Waals surface area (Å²) in [6, 6.07) is 10.3. The lowest BCUT2D eigenvalue weighted by Crippen LogP contribution is -2.25. The summed E-state index contributed by atoms with van der Waals surface area (Å²) >= 11 is 1.14. The Bertz CT molecular complexity index is 1300. The fourth-order valence-electron chi connectivity index (χ4n) is 2.63. The van der Waals surface area contributed by atoms with Gasteiger partial charge >= 0.3 is 0 Å². The molecule has 0 radical (unpaired) electrons. The number of thiazole rings is 1. The number of anilines is 1. The van der Waals surface area contributed by atoms with Crippen LogP contribution in [-0.2, 0) is 19.9 Å². The zero-order valence-electron chi connectivity index (χ0n) is 16.4. The van der Waals surface area contributed by atoms with Gasteiger partial charge in [-0.25, -0.2) is 26.5 Å². The Labute approximate surface area is 179 Å². The number of benzene rings is 2. The standard InChI is InChI=1S/C19H21N3O5S3/c1-3-4-10-20-30(26,27)15-7-5-6-13(11-15)18(23)22-19-21-16-9-8-14(29(2,24)25)12-17(16)28-19/h5-9,11-12,20H,3-4,10H2,1-2H3,(H,21,22,23). The number of carbonyl (C=O) groups is 1. The van der Waals surface area contributed by atoms with E-state index in [2.05, 4.69) is 15.0 Å². The minimum Gasteiger partial charge on any atom is -0.298 e. The van der Waals surface area contributed by atoms with Gasteiger partial charge in [0.2, 0.25) is 10.0 Å². The van der Waals surface area contributed by atoms with Crippen molar-refractivity contribution in [3.05, 3.63) is 48.0 Å². The van der Waals surface area contributed by atoms with Gasteiger partial charge in [-0.05, 0) is 42.8 Å². The first-order valence-electron chi connectivity index (χ1n) is 9.12. The molecule has 3 aromatic rings. The number of aromatic nitrogens is 1. The molecule has 0 saturated heterocycles. The van der Waals surface area contributed by atoms with Crippen molar-refractivity contribution in [2.24, 2.45) is 0 Å². The number of sulfonamides is 1. The van der Waals surface area contributed by atoms with Crippen LogP contribution in [0.3, 0.4) is 0 Å². The highest BCUT2D eigenvalue weighted by Gasteiger charge is 2.17. The van der Waals surface area contributed by atoms with E-state index in [1.54, 1.807) is 6.07 Å². The number of unbranched alkanes of at least 4 members (excludes halogenated alkanes) is 1. The second-order valence-corrected chi connectivity index (χ2v) is 11.5. The van der Waals surface area contributed by atoms with Crippen LogP contribution in [0.5, 0.6) is 0 Å². The maximum atomic E-state index is 12.6. The van der Waals surface area contributed by atoms with Crippen molar-refractivity contribution in [2.75, 3.05) is 18.1 Å². The van der Waals surface area contributed by atoms with Crippen LogP contribution < -0.4 is 10.0 Å². The van der Waals surface area contributed by atoms with Gasteiger partial charge in [0.25, 0.3) is 5.91 Å². The first-order chi connectivity index (χ1) is 14.1. The number of amides is 1. The third-order valence-corrected chi connectivity index (χ3v) is 7.74. The Balaban J connectivity index is 1.81. The molecule has 160 valence electrons. The molecule has 0 unspecified atom stereocenters. The van der Waals surface area contributed by atoms with Crippen LogP contribution in [-0.4, -0.2) is 40.5 Å². The summed E-state index contributed by atoms with van der Waals surface area (Å²) in [4.78, 5) is 17.1. The van der Waals surface area contributed by atoms with E-state index < -0.39 is 25.8 Å². The monoisotopic (exact) mass is 467 g/mol. The van der Waals surface area contributed by atoms with E-state index >= 15 is 0 Å². The van der Waals surface area contributed by atoms with E-state index in [4.69, 9.17) is 0 Å². The summed E-state index contributed by atoms with van der Waals surface area (Å²) in [6.45, 7) is 2.29. The first kappa shape index (κ1) is 22.3. The number of nitrogens with zero attached hydrogens (tertiary/aromatic N) is 1. The maximum absolute atomic E-state index is 12.6. The molecule has 0 aliphatic carbocycles. The van der Waals surface area contributed by atoms with Gasteiger partial charge in [-0.2, -0.15) is 0 Å². The number of sulfone groups is 1. The van der Waals surface area contributed by atoms with Crippen molar-refractivity contribution in [1.29, 1.82) is 0 Å². The van der Waals surface area contributed by atoms with Gasteiger partial charge in [0.15, 0.2) is 15.0 Å². The lowest BCUT2D eigenvalue weighted by Gasteiger charge is -2.08. The van der Waals surface area contributed by atoms with Crippen LogP contribution in [0, 0.1) is 0 Å². The summed E-state index contributed by atoms with van der Waals surface area (Å²) in [5, 5.41) is 2.93. The smallest absolute Gasteiger partial charge is 0.257 e. The van der Waals surface area contributed by atoms with Gasteiger partial charge in [0.05, 0.1) is 20.0 Å². The maximum Gasteiger partial charge on any atom is 0.257 e. The summed E-state index contributed by atoms with van der Waals surface area (Å²) in [5.41, 5.74) is 0.726. The second kappa shape index (κ2) is 8.80. The minimum absolute atomic E-state index is 0.00773. The molecule has 2 aromatic carbocycles. The molecule has 30 heavy (non-hydrogen) atoms. The highest BCUT2D eigenvalue weighted by molar-refractivity contribution is 7.90. The van der Waals surface area contributed by atoms with E-state index in [0.29, 0.717) is 16.8 Å². The molecular formula is C19H21N3O5S3. The van der Waals surface area contributed by atoms with Crippen LogP contribution in [0.4, 0.5) is 5.13 Å². The quantitative estimate of drug-likeness (QED) is 0.491. The molecule has 2 N–H and O–H groups in total. The van der Waals surface area contributed by atoms with Crippen molar-refractivity contribution in [2.45, 2.75) is 29.6 Å². The van der Waals surface area contributed by atoms with Crippen molar-refractivity contribution in [3.8, 4) is 0 Å². The molecule has 8 nitrogen and oxygen atoms in total. The Morgan fingerprint density at radius 1 is 1.07 bits per heavy atom. The molecule has 0 atom stereocenters. The third-order valence-electron chi connectivity index (χ3n) is 4.24. The number of hydrogen-bond acceptors (Lipinski definition) is 7. The zero-order valence-corrected chi connectivity index (χ0v) is 18.8. The SMILES string of the molecule is CCCCNS(=O)(=O)c1cccc(C(=O)Nc2nc3ccc(S(C)(=O)=O)cc3s2)c1. The predicted molar refractivity (Wildman–Crippen MR) is 117 cm³/mol. The van der Waals surface area contributed by atoms with Crippen molar-refractivity contribution >= 4 is 52.5 Å². The number of nitrogens with one attached hydrogen (secondary N) is 2. The average molecular weight is 468 g/mol. The highest BCUT2D eigenvalue weighted by atomic mass is 32.2. The Morgan fingerprint density at radius 2 is 1.83 bits per heavy atom. The average Bonchev–Trinajstić information content (AvgIpc) is 3.09. The fraction of sp³-hybridized carbons (Fsp3) is 0.263. The molecule has 11 heteroatoms. The molecule has 0 bridgehead atoms. The predicted octanol–water partition coefficient (Wildman–Crippen LogP) is 3.03. The first-order valence-corrected chi connectivity index (χ1v) is 13.3. The van der Waals surface area contributed by atoms with Gasteiger partial charge < -0.3 is 0 Å². The summed E-state index contributed by atoms with van der Waals surface area (Å²) in [7, 11) is -7.05. The van der Waals surface area contributed by atoms with Crippen LogP contribution in [0.25, 0.3) is 10.2 Å².